The standard InChI is InChI=1S/C25H37N3O4/c1-17(26-24(31)32-25(2,3)4)23(30)28(20-15-16-20)21(18-11-7-5-8-12-18)22(29)27-19-13-9-6-10-14-19/h5,7-8,11-12,17,19-21H,6,9-10,13-16H2,1-4H3,(H,26,31)(H,27,29). The van der Waals surface area contributed by atoms with E-state index in [-0.39, 0.29) is 23.9 Å². The van der Waals surface area contributed by atoms with Crippen molar-refractivity contribution in [1.82, 2.24) is 15.5 Å². The Kier molecular flexibility index (Phi) is 7.80. The molecule has 0 aromatic heterocycles. The number of carbonyl (C=O) groups excluding carboxylic acids is 3. The van der Waals surface area contributed by atoms with Gasteiger partial charge in [-0.15, -0.1) is 0 Å². The quantitative estimate of drug-likeness (QED) is 0.665. The highest BCUT2D eigenvalue weighted by molar-refractivity contribution is 5.92. The van der Waals surface area contributed by atoms with Gasteiger partial charge in [0, 0.05) is 12.1 Å². The van der Waals surface area contributed by atoms with Crippen molar-refractivity contribution in [3.63, 3.8) is 0 Å². The van der Waals surface area contributed by atoms with Crippen molar-refractivity contribution in [2.75, 3.05) is 0 Å². The molecule has 1 aromatic rings. The maximum Gasteiger partial charge on any atom is 0.408 e. The average Bonchev–Trinajstić information content (AvgIpc) is 3.56. The Bertz CT molecular complexity index is 795. The van der Waals surface area contributed by atoms with Crippen molar-refractivity contribution in [3.8, 4) is 0 Å². The van der Waals surface area contributed by atoms with Crippen LogP contribution in [-0.4, -0.2) is 46.5 Å². The largest absolute Gasteiger partial charge is 0.444 e. The fraction of sp³-hybridized carbons (Fsp3) is 0.640. The highest BCUT2D eigenvalue weighted by atomic mass is 16.6. The fourth-order valence-electron chi connectivity index (χ4n) is 4.24. The van der Waals surface area contributed by atoms with Crippen molar-refractivity contribution in [3.05, 3.63) is 35.9 Å². The second-order valence-electron chi connectivity index (χ2n) is 10.0. The predicted octanol–water partition coefficient (Wildman–Crippen LogP) is 4.08. The van der Waals surface area contributed by atoms with Gasteiger partial charge in [0.05, 0.1) is 0 Å². The van der Waals surface area contributed by atoms with Gasteiger partial charge in [0.1, 0.15) is 17.7 Å². The van der Waals surface area contributed by atoms with E-state index < -0.39 is 23.8 Å². The van der Waals surface area contributed by atoms with Gasteiger partial charge in [-0.2, -0.15) is 0 Å². The Morgan fingerprint density at radius 2 is 1.62 bits per heavy atom. The van der Waals surface area contributed by atoms with Gasteiger partial charge < -0.3 is 20.3 Å². The van der Waals surface area contributed by atoms with Crippen molar-refractivity contribution in [2.24, 2.45) is 0 Å². The number of nitrogens with one attached hydrogen (secondary N) is 2. The summed E-state index contributed by atoms with van der Waals surface area (Å²) in [7, 11) is 0. The Morgan fingerprint density at radius 1 is 1.00 bits per heavy atom. The van der Waals surface area contributed by atoms with Gasteiger partial charge >= 0.3 is 6.09 Å². The lowest BCUT2D eigenvalue weighted by molar-refractivity contribution is -0.143. The zero-order chi connectivity index (χ0) is 23.3. The molecule has 0 bridgehead atoms. The number of alkyl carbamates (subject to hydrolysis) is 1. The van der Waals surface area contributed by atoms with Crippen molar-refractivity contribution in [2.45, 2.75) is 102 Å². The van der Waals surface area contributed by atoms with Crippen LogP contribution in [0.5, 0.6) is 0 Å². The lowest BCUT2D eigenvalue weighted by atomic mass is 9.94. The number of nitrogens with zero attached hydrogens (tertiary/aromatic N) is 1. The van der Waals surface area contributed by atoms with Crippen LogP contribution in [0, 0.1) is 0 Å². The lowest BCUT2D eigenvalue weighted by Gasteiger charge is -2.35. The predicted molar refractivity (Wildman–Crippen MR) is 123 cm³/mol. The van der Waals surface area contributed by atoms with Crippen LogP contribution < -0.4 is 10.6 Å². The van der Waals surface area contributed by atoms with E-state index in [0.717, 1.165) is 44.1 Å². The molecule has 1 aromatic carbocycles. The van der Waals surface area contributed by atoms with Crippen LogP contribution >= 0.6 is 0 Å². The van der Waals surface area contributed by atoms with E-state index in [1.54, 1.807) is 32.6 Å². The molecule has 2 aliphatic carbocycles. The van der Waals surface area contributed by atoms with Gasteiger partial charge in [0.2, 0.25) is 11.8 Å². The minimum atomic E-state index is -0.806. The highest BCUT2D eigenvalue weighted by Gasteiger charge is 2.43. The molecular weight excluding hydrogens is 406 g/mol. The minimum absolute atomic E-state index is 0.00676. The fourth-order valence-corrected chi connectivity index (χ4v) is 4.24. The Balaban J connectivity index is 1.80. The van der Waals surface area contributed by atoms with Crippen LogP contribution in [0.2, 0.25) is 0 Å². The van der Waals surface area contributed by atoms with Crippen molar-refractivity contribution < 1.29 is 19.1 Å². The molecule has 2 N–H and O–H groups in total. The van der Waals surface area contributed by atoms with Crippen LogP contribution in [0.25, 0.3) is 0 Å². The number of ether oxygens (including phenoxy) is 1. The SMILES string of the molecule is CC(NC(=O)OC(C)(C)C)C(=O)N(C1CC1)C(C(=O)NC1CCCCC1)c1ccccc1. The third-order valence-electron chi connectivity index (χ3n) is 5.89. The summed E-state index contributed by atoms with van der Waals surface area (Å²) in [5.74, 6) is -0.418. The topological polar surface area (TPSA) is 87.7 Å². The molecule has 2 unspecified atom stereocenters. The van der Waals surface area contributed by atoms with Gasteiger partial charge in [0.25, 0.3) is 0 Å². The van der Waals surface area contributed by atoms with E-state index in [1.165, 1.54) is 6.42 Å². The normalized spacial score (nSPS) is 18.9. The summed E-state index contributed by atoms with van der Waals surface area (Å²) in [4.78, 5) is 40.9. The number of hydrogen-bond acceptors (Lipinski definition) is 4. The van der Waals surface area contributed by atoms with Gasteiger partial charge in [-0.25, -0.2) is 4.79 Å². The van der Waals surface area contributed by atoms with Crippen molar-refractivity contribution in [1.29, 1.82) is 0 Å². The first kappa shape index (κ1) is 24.1. The molecule has 7 nitrogen and oxygen atoms in total. The monoisotopic (exact) mass is 443 g/mol. The number of benzene rings is 1. The number of hydrogen-bond donors (Lipinski definition) is 2. The molecule has 2 atom stereocenters. The third kappa shape index (κ3) is 6.71. The molecule has 7 heteroatoms. The molecule has 176 valence electrons. The van der Waals surface area contributed by atoms with Crippen LogP contribution in [0.1, 0.15) is 84.2 Å². The Hall–Kier alpha value is -2.57. The maximum atomic E-state index is 13.5. The second kappa shape index (κ2) is 10.4. The molecule has 2 aliphatic rings. The molecule has 32 heavy (non-hydrogen) atoms. The molecule has 0 spiro atoms. The van der Waals surface area contributed by atoms with E-state index in [4.69, 9.17) is 4.74 Å². The van der Waals surface area contributed by atoms with Gasteiger partial charge in [0.15, 0.2) is 0 Å². The van der Waals surface area contributed by atoms with Gasteiger partial charge in [-0.3, -0.25) is 9.59 Å². The summed E-state index contributed by atoms with van der Waals surface area (Å²) < 4.78 is 5.31. The molecule has 3 rings (SSSR count). The number of rotatable bonds is 7. The first-order chi connectivity index (χ1) is 15.2. The summed E-state index contributed by atoms with van der Waals surface area (Å²) in [6, 6.07) is 8.06. The summed E-state index contributed by atoms with van der Waals surface area (Å²) >= 11 is 0. The number of amides is 3. The Labute approximate surface area is 191 Å². The maximum absolute atomic E-state index is 13.5. The molecule has 0 saturated heterocycles. The van der Waals surface area contributed by atoms with Gasteiger partial charge in [-0.1, -0.05) is 49.6 Å². The summed E-state index contributed by atoms with van der Waals surface area (Å²) in [6.45, 7) is 6.96. The Morgan fingerprint density at radius 3 is 2.19 bits per heavy atom. The molecule has 2 fully saturated rings. The van der Waals surface area contributed by atoms with Crippen LogP contribution in [-0.2, 0) is 14.3 Å². The smallest absolute Gasteiger partial charge is 0.408 e. The van der Waals surface area contributed by atoms with Crippen LogP contribution in [0.4, 0.5) is 4.79 Å². The minimum Gasteiger partial charge on any atom is -0.444 e. The van der Waals surface area contributed by atoms with E-state index in [9.17, 15) is 14.4 Å². The highest BCUT2D eigenvalue weighted by Crippen LogP contribution is 2.35. The lowest BCUT2D eigenvalue weighted by Crippen LogP contribution is -2.53. The van der Waals surface area contributed by atoms with E-state index in [0.29, 0.717) is 0 Å². The second-order valence-corrected chi connectivity index (χ2v) is 10.0. The first-order valence-corrected chi connectivity index (χ1v) is 11.8. The summed E-state index contributed by atoms with van der Waals surface area (Å²) in [6.07, 6.45) is 6.44. The average molecular weight is 444 g/mol. The van der Waals surface area contributed by atoms with Gasteiger partial charge in [-0.05, 0) is 58.9 Å². The molecule has 2 saturated carbocycles. The zero-order valence-corrected chi connectivity index (χ0v) is 19.7. The number of carbonyl (C=O) groups is 3. The summed E-state index contributed by atoms with van der Waals surface area (Å²) in [5.41, 5.74) is 0.126. The summed E-state index contributed by atoms with van der Waals surface area (Å²) in [5, 5.41) is 5.84. The molecule has 0 radical (unpaired) electrons. The van der Waals surface area contributed by atoms with E-state index >= 15 is 0 Å². The molecule has 3 amide bonds. The molecule has 0 heterocycles. The van der Waals surface area contributed by atoms with Crippen LogP contribution in [0.3, 0.4) is 0 Å². The molecular formula is C25H37N3O4. The van der Waals surface area contributed by atoms with E-state index in [1.807, 2.05) is 30.3 Å². The van der Waals surface area contributed by atoms with Crippen LogP contribution in [0.15, 0.2) is 30.3 Å². The zero-order valence-electron chi connectivity index (χ0n) is 19.7. The van der Waals surface area contributed by atoms with E-state index in [2.05, 4.69) is 10.6 Å². The third-order valence-corrected chi connectivity index (χ3v) is 5.89. The first-order valence-electron chi connectivity index (χ1n) is 11.8. The molecule has 0 aliphatic heterocycles. The van der Waals surface area contributed by atoms with Crippen molar-refractivity contribution >= 4 is 17.9 Å².